The normalized spacial score (nSPS) is 19.5. The Bertz CT molecular complexity index is 371. The molecular weight excluding hydrogens is 266 g/mol. The summed E-state index contributed by atoms with van der Waals surface area (Å²) in [5.74, 6) is 0.272. The second kappa shape index (κ2) is 8.20. The third kappa shape index (κ3) is 6.78. The van der Waals surface area contributed by atoms with E-state index < -0.39 is 5.60 Å². The smallest absolute Gasteiger partial charge is 0.410 e. The molecule has 1 heterocycles. The van der Waals surface area contributed by atoms with E-state index in [9.17, 15) is 9.59 Å². The summed E-state index contributed by atoms with van der Waals surface area (Å²) in [5.41, 5.74) is -0.487. The van der Waals surface area contributed by atoms with Crippen LogP contribution in [0.25, 0.3) is 0 Å². The lowest BCUT2D eigenvalue weighted by Gasteiger charge is -2.33. The van der Waals surface area contributed by atoms with Crippen molar-refractivity contribution in [2.24, 2.45) is 5.92 Å². The summed E-state index contributed by atoms with van der Waals surface area (Å²) < 4.78 is 5.38. The van der Waals surface area contributed by atoms with E-state index in [-0.39, 0.29) is 12.0 Å². The highest BCUT2D eigenvalue weighted by Gasteiger charge is 2.31. The number of carbonyl (C=O) groups is 2. The zero-order valence-electron chi connectivity index (χ0n) is 13.7. The number of carbonyl (C=O) groups excluding carboxylic acids is 2. The van der Waals surface area contributed by atoms with Crippen molar-refractivity contribution < 1.29 is 14.3 Å². The SMILES string of the molecule is C=CCCCCCC1CN(C(=O)OC(C)(C)C)CCC1=O. The van der Waals surface area contributed by atoms with Gasteiger partial charge in [-0.1, -0.05) is 18.9 Å². The average Bonchev–Trinajstić information content (AvgIpc) is 2.38. The van der Waals surface area contributed by atoms with E-state index >= 15 is 0 Å². The first kappa shape index (κ1) is 17.7. The fourth-order valence-electron chi connectivity index (χ4n) is 2.51. The molecule has 0 aromatic heterocycles. The molecule has 1 fully saturated rings. The quantitative estimate of drug-likeness (QED) is 0.550. The number of likely N-dealkylation sites (tertiary alicyclic amines) is 1. The minimum absolute atomic E-state index is 0.0185. The molecule has 1 amide bonds. The Hall–Kier alpha value is -1.32. The highest BCUT2D eigenvalue weighted by molar-refractivity contribution is 5.84. The molecule has 0 spiro atoms. The predicted octanol–water partition coefficient (Wildman–Crippen LogP) is 3.95. The predicted molar refractivity (Wildman–Crippen MR) is 84.2 cm³/mol. The monoisotopic (exact) mass is 295 g/mol. The van der Waals surface area contributed by atoms with E-state index in [0.29, 0.717) is 25.3 Å². The Labute approximate surface area is 128 Å². The van der Waals surface area contributed by atoms with Crippen molar-refractivity contribution in [2.45, 2.75) is 64.9 Å². The van der Waals surface area contributed by atoms with E-state index in [1.165, 1.54) is 0 Å². The number of ketones is 1. The maximum Gasteiger partial charge on any atom is 0.410 e. The van der Waals surface area contributed by atoms with Gasteiger partial charge in [-0.15, -0.1) is 6.58 Å². The van der Waals surface area contributed by atoms with Gasteiger partial charge in [0.1, 0.15) is 11.4 Å². The fourth-order valence-corrected chi connectivity index (χ4v) is 2.51. The minimum Gasteiger partial charge on any atom is -0.444 e. The maximum atomic E-state index is 12.1. The van der Waals surface area contributed by atoms with Crippen LogP contribution in [0, 0.1) is 5.92 Å². The van der Waals surface area contributed by atoms with Crippen LogP contribution in [-0.2, 0) is 9.53 Å². The summed E-state index contributed by atoms with van der Waals surface area (Å²) in [6, 6.07) is 0. The zero-order chi connectivity index (χ0) is 15.9. The van der Waals surface area contributed by atoms with E-state index in [4.69, 9.17) is 4.74 Å². The molecule has 21 heavy (non-hydrogen) atoms. The molecule has 1 aliphatic rings. The lowest BCUT2D eigenvalue weighted by molar-refractivity contribution is -0.126. The van der Waals surface area contributed by atoms with Crippen molar-refractivity contribution in [1.82, 2.24) is 4.90 Å². The molecule has 0 N–H and O–H groups in total. The fraction of sp³-hybridized carbons (Fsp3) is 0.765. The Morgan fingerprint density at radius 1 is 1.38 bits per heavy atom. The van der Waals surface area contributed by atoms with Crippen molar-refractivity contribution in [3.63, 3.8) is 0 Å². The maximum absolute atomic E-state index is 12.1. The van der Waals surface area contributed by atoms with Gasteiger partial charge in [-0.3, -0.25) is 4.79 Å². The van der Waals surface area contributed by atoms with Gasteiger partial charge >= 0.3 is 6.09 Å². The van der Waals surface area contributed by atoms with E-state index in [1.54, 1.807) is 4.90 Å². The molecule has 1 saturated heterocycles. The van der Waals surface area contributed by atoms with Gasteiger partial charge in [0.25, 0.3) is 0 Å². The van der Waals surface area contributed by atoms with Gasteiger partial charge in [0, 0.05) is 25.4 Å². The molecule has 1 rings (SSSR count). The van der Waals surface area contributed by atoms with Crippen molar-refractivity contribution in [3.8, 4) is 0 Å². The lowest BCUT2D eigenvalue weighted by Crippen LogP contribution is -2.46. The Kier molecular flexibility index (Phi) is 6.93. The molecule has 0 bridgehead atoms. The second-order valence-corrected chi connectivity index (χ2v) is 6.77. The molecular formula is C17H29NO3. The summed E-state index contributed by atoms with van der Waals surface area (Å²) in [6.45, 7) is 10.3. The van der Waals surface area contributed by atoms with Gasteiger partial charge in [0.2, 0.25) is 0 Å². The van der Waals surface area contributed by atoms with Crippen LogP contribution in [0.4, 0.5) is 4.79 Å². The lowest BCUT2D eigenvalue weighted by atomic mass is 9.91. The number of rotatable bonds is 6. The largest absolute Gasteiger partial charge is 0.444 e. The van der Waals surface area contributed by atoms with Crippen molar-refractivity contribution in [2.75, 3.05) is 13.1 Å². The van der Waals surface area contributed by atoms with Crippen molar-refractivity contribution >= 4 is 11.9 Å². The van der Waals surface area contributed by atoms with Gasteiger partial charge in [-0.05, 0) is 40.0 Å². The number of unbranched alkanes of at least 4 members (excludes halogenated alkanes) is 3. The van der Waals surface area contributed by atoms with Gasteiger partial charge in [-0.2, -0.15) is 0 Å². The standard InChI is InChI=1S/C17H29NO3/c1-5-6-7-8-9-10-14-13-18(12-11-15(14)19)16(20)21-17(2,3)4/h5,14H,1,6-13H2,2-4H3. The Balaban J connectivity index is 2.40. The van der Waals surface area contributed by atoms with E-state index in [2.05, 4.69) is 6.58 Å². The second-order valence-electron chi connectivity index (χ2n) is 6.77. The average molecular weight is 295 g/mol. The first-order valence-electron chi connectivity index (χ1n) is 7.95. The summed E-state index contributed by atoms with van der Waals surface area (Å²) >= 11 is 0. The number of nitrogens with zero attached hydrogens (tertiary/aromatic N) is 1. The Morgan fingerprint density at radius 3 is 2.71 bits per heavy atom. The van der Waals surface area contributed by atoms with E-state index in [1.807, 2.05) is 26.8 Å². The summed E-state index contributed by atoms with van der Waals surface area (Å²) in [6.07, 6.45) is 7.26. The van der Waals surface area contributed by atoms with Gasteiger partial charge < -0.3 is 9.64 Å². The van der Waals surface area contributed by atoms with Gasteiger partial charge in [-0.25, -0.2) is 4.79 Å². The molecule has 0 radical (unpaired) electrons. The number of piperidine rings is 1. The molecule has 1 unspecified atom stereocenters. The summed E-state index contributed by atoms with van der Waals surface area (Å²) in [4.78, 5) is 25.7. The van der Waals surface area contributed by atoms with Crippen LogP contribution in [0.3, 0.4) is 0 Å². The van der Waals surface area contributed by atoms with Crippen LogP contribution in [0.15, 0.2) is 12.7 Å². The van der Waals surface area contributed by atoms with Crippen LogP contribution < -0.4 is 0 Å². The van der Waals surface area contributed by atoms with Gasteiger partial charge in [0.15, 0.2) is 0 Å². The molecule has 4 heteroatoms. The van der Waals surface area contributed by atoms with Crippen molar-refractivity contribution in [1.29, 1.82) is 0 Å². The zero-order valence-corrected chi connectivity index (χ0v) is 13.7. The van der Waals surface area contributed by atoms with Crippen LogP contribution in [0.2, 0.25) is 0 Å². The van der Waals surface area contributed by atoms with Crippen molar-refractivity contribution in [3.05, 3.63) is 12.7 Å². The molecule has 0 aliphatic carbocycles. The van der Waals surface area contributed by atoms with Gasteiger partial charge in [0.05, 0.1) is 0 Å². The number of Topliss-reactive ketones (excluding diaryl/α,β-unsaturated/α-hetero) is 1. The number of allylic oxidation sites excluding steroid dienone is 1. The minimum atomic E-state index is -0.487. The van der Waals surface area contributed by atoms with Crippen LogP contribution in [0.1, 0.15) is 59.3 Å². The number of amides is 1. The highest BCUT2D eigenvalue weighted by atomic mass is 16.6. The van der Waals surface area contributed by atoms with Crippen LogP contribution >= 0.6 is 0 Å². The topological polar surface area (TPSA) is 46.6 Å². The molecule has 120 valence electrons. The third-order valence-corrected chi connectivity index (χ3v) is 3.64. The molecule has 1 aliphatic heterocycles. The van der Waals surface area contributed by atoms with Crippen LogP contribution in [0.5, 0.6) is 0 Å². The number of ether oxygens (including phenoxy) is 1. The Morgan fingerprint density at radius 2 is 2.10 bits per heavy atom. The number of hydrogen-bond acceptors (Lipinski definition) is 3. The molecule has 4 nitrogen and oxygen atoms in total. The first-order valence-corrected chi connectivity index (χ1v) is 7.95. The molecule has 0 aromatic rings. The molecule has 1 atom stereocenters. The summed E-state index contributed by atoms with van der Waals surface area (Å²) in [5, 5.41) is 0. The third-order valence-electron chi connectivity index (χ3n) is 3.64. The van der Waals surface area contributed by atoms with E-state index in [0.717, 1.165) is 32.1 Å². The molecule has 0 aromatic carbocycles. The molecule has 0 saturated carbocycles. The number of hydrogen-bond donors (Lipinski definition) is 0. The van der Waals surface area contributed by atoms with Crippen LogP contribution in [-0.4, -0.2) is 35.5 Å². The first-order chi connectivity index (χ1) is 9.83. The summed E-state index contributed by atoms with van der Waals surface area (Å²) in [7, 11) is 0. The highest BCUT2D eigenvalue weighted by Crippen LogP contribution is 2.21.